The van der Waals surface area contributed by atoms with Gasteiger partial charge in [-0.2, -0.15) is 5.10 Å². The lowest BCUT2D eigenvalue weighted by molar-refractivity contribution is -0.181. The summed E-state index contributed by atoms with van der Waals surface area (Å²) in [6, 6.07) is 1.83. The molecular weight excluding hydrogens is 290 g/mol. The molecule has 0 bridgehead atoms. The summed E-state index contributed by atoms with van der Waals surface area (Å²) >= 11 is 5.91. The summed E-state index contributed by atoms with van der Waals surface area (Å²) < 4.78 is 13.2. The molecular formula is C15H20ClN3O2. The van der Waals surface area contributed by atoms with Crippen LogP contribution >= 0.6 is 11.6 Å². The second-order valence-corrected chi connectivity index (χ2v) is 6.07. The SMILES string of the molecule is C=C(Cl)n1nccc1N=C(C)C1CCCC2(C1)OCCO2. The largest absolute Gasteiger partial charge is 0.348 e. The van der Waals surface area contributed by atoms with Crippen LogP contribution in [0.15, 0.2) is 23.8 Å². The van der Waals surface area contributed by atoms with E-state index in [9.17, 15) is 0 Å². The third kappa shape index (κ3) is 3.05. The van der Waals surface area contributed by atoms with Crippen LogP contribution in [0.5, 0.6) is 0 Å². The van der Waals surface area contributed by atoms with E-state index in [-0.39, 0.29) is 5.79 Å². The Kier molecular flexibility index (Phi) is 4.15. The minimum absolute atomic E-state index is 0.342. The van der Waals surface area contributed by atoms with Crippen LogP contribution < -0.4 is 0 Å². The first-order valence-corrected chi connectivity index (χ1v) is 7.69. The van der Waals surface area contributed by atoms with Crippen molar-refractivity contribution in [2.24, 2.45) is 10.9 Å². The Bertz CT molecular complexity index is 561. The molecule has 1 aromatic heterocycles. The minimum Gasteiger partial charge on any atom is -0.348 e. The van der Waals surface area contributed by atoms with Gasteiger partial charge in [-0.25, -0.2) is 9.67 Å². The molecule has 1 saturated carbocycles. The fourth-order valence-electron chi connectivity index (χ4n) is 3.15. The van der Waals surface area contributed by atoms with Gasteiger partial charge in [-0.05, 0) is 19.8 Å². The molecule has 6 heteroatoms. The summed E-state index contributed by atoms with van der Waals surface area (Å²) in [6.07, 6.45) is 5.73. The standard InChI is InChI=1S/C15H20ClN3O2/c1-11(18-14-5-7-17-19(14)12(2)16)13-4-3-6-15(10-13)20-8-9-21-15/h5,7,13H,2-4,6,8-10H2,1H3. The van der Waals surface area contributed by atoms with E-state index in [1.165, 1.54) is 4.68 Å². The molecule has 5 nitrogen and oxygen atoms in total. The fraction of sp³-hybridized carbons (Fsp3) is 0.600. The molecule has 0 amide bonds. The van der Waals surface area contributed by atoms with Crippen LogP contribution in [0.1, 0.15) is 32.6 Å². The van der Waals surface area contributed by atoms with E-state index >= 15 is 0 Å². The van der Waals surface area contributed by atoms with Gasteiger partial charge in [-0.1, -0.05) is 18.2 Å². The number of ether oxygens (including phenoxy) is 2. The third-order valence-electron chi connectivity index (χ3n) is 4.22. The first-order chi connectivity index (χ1) is 10.1. The molecule has 21 heavy (non-hydrogen) atoms. The van der Waals surface area contributed by atoms with Crippen LogP contribution in [0.3, 0.4) is 0 Å². The third-order valence-corrected chi connectivity index (χ3v) is 4.38. The Morgan fingerprint density at radius 3 is 3.00 bits per heavy atom. The zero-order valence-electron chi connectivity index (χ0n) is 12.2. The van der Waals surface area contributed by atoms with Gasteiger partial charge in [0.25, 0.3) is 0 Å². The van der Waals surface area contributed by atoms with Crippen LogP contribution in [0, 0.1) is 5.92 Å². The number of hydrogen-bond donors (Lipinski definition) is 0. The van der Waals surface area contributed by atoms with Crippen molar-refractivity contribution < 1.29 is 9.47 Å². The second kappa shape index (κ2) is 5.91. The first kappa shape index (κ1) is 14.8. The maximum Gasteiger partial charge on any atom is 0.169 e. The van der Waals surface area contributed by atoms with Gasteiger partial charge in [0.05, 0.1) is 19.4 Å². The molecule has 0 aromatic carbocycles. The van der Waals surface area contributed by atoms with Crippen LogP contribution in [0.4, 0.5) is 5.82 Å². The zero-order valence-corrected chi connectivity index (χ0v) is 13.0. The van der Waals surface area contributed by atoms with E-state index in [0.29, 0.717) is 30.1 Å². The van der Waals surface area contributed by atoms with Gasteiger partial charge in [-0.15, -0.1) is 0 Å². The van der Waals surface area contributed by atoms with Gasteiger partial charge in [0.2, 0.25) is 0 Å². The summed E-state index contributed by atoms with van der Waals surface area (Å²) in [5.41, 5.74) is 1.06. The highest BCUT2D eigenvalue weighted by Gasteiger charge is 2.42. The molecule has 114 valence electrons. The summed E-state index contributed by atoms with van der Waals surface area (Å²) in [4.78, 5) is 4.68. The molecule has 3 rings (SSSR count). The van der Waals surface area contributed by atoms with Gasteiger partial charge in [0.1, 0.15) is 5.16 Å². The maximum atomic E-state index is 5.91. The van der Waals surface area contributed by atoms with Gasteiger partial charge < -0.3 is 9.47 Å². The van der Waals surface area contributed by atoms with Crippen LogP contribution in [-0.2, 0) is 9.47 Å². The number of nitrogens with zero attached hydrogens (tertiary/aromatic N) is 3. The highest BCUT2D eigenvalue weighted by atomic mass is 35.5. The molecule has 2 aliphatic rings. The Balaban J connectivity index is 1.77. The van der Waals surface area contributed by atoms with Crippen LogP contribution in [0.25, 0.3) is 5.16 Å². The molecule has 0 radical (unpaired) electrons. The molecule has 1 spiro atoms. The predicted octanol–water partition coefficient (Wildman–Crippen LogP) is 3.58. The van der Waals surface area contributed by atoms with Crippen molar-refractivity contribution in [3.8, 4) is 0 Å². The van der Waals surface area contributed by atoms with E-state index in [2.05, 4.69) is 16.7 Å². The molecule has 1 saturated heterocycles. The molecule has 1 unspecified atom stereocenters. The smallest absolute Gasteiger partial charge is 0.169 e. The Morgan fingerprint density at radius 1 is 1.52 bits per heavy atom. The zero-order chi connectivity index (χ0) is 14.9. The maximum absolute atomic E-state index is 5.91. The van der Waals surface area contributed by atoms with Gasteiger partial charge in [-0.3, -0.25) is 0 Å². The van der Waals surface area contributed by atoms with E-state index in [1.54, 1.807) is 6.20 Å². The number of aromatic nitrogens is 2. The van der Waals surface area contributed by atoms with Crippen LogP contribution in [-0.4, -0.2) is 34.5 Å². The minimum atomic E-state index is -0.379. The predicted molar refractivity (Wildman–Crippen MR) is 82.8 cm³/mol. The highest BCUT2D eigenvalue weighted by molar-refractivity contribution is 6.44. The van der Waals surface area contributed by atoms with E-state index in [4.69, 9.17) is 21.1 Å². The number of hydrogen-bond acceptors (Lipinski definition) is 4. The van der Waals surface area contributed by atoms with Gasteiger partial charge in [0.15, 0.2) is 11.6 Å². The van der Waals surface area contributed by atoms with Crippen molar-refractivity contribution in [2.45, 2.75) is 38.4 Å². The van der Waals surface area contributed by atoms with Crippen molar-refractivity contribution in [1.29, 1.82) is 0 Å². The highest BCUT2D eigenvalue weighted by Crippen LogP contribution is 2.39. The normalized spacial score (nSPS) is 25.4. The molecule has 2 heterocycles. The molecule has 1 aromatic rings. The average molecular weight is 310 g/mol. The lowest BCUT2D eigenvalue weighted by Crippen LogP contribution is -2.38. The summed E-state index contributed by atoms with van der Waals surface area (Å²) in [5, 5.41) is 4.46. The lowest BCUT2D eigenvalue weighted by atomic mass is 9.82. The average Bonchev–Trinajstić information content (AvgIpc) is 3.09. The quantitative estimate of drug-likeness (QED) is 0.802. The Labute approximate surface area is 129 Å². The lowest BCUT2D eigenvalue weighted by Gasteiger charge is -2.36. The van der Waals surface area contributed by atoms with Crippen molar-refractivity contribution >= 4 is 28.3 Å². The number of aliphatic imine (C=N–C) groups is 1. The topological polar surface area (TPSA) is 48.6 Å². The second-order valence-electron chi connectivity index (χ2n) is 5.63. The van der Waals surface area contributed by atoms with E-state index in [0.717, 1.165) is 31.4 Å². The number of rotatable bonds is 3. The van der Waals surface area contributed by atoms with Crippen LogP contribution in [0.2, 0.25) is 0 Å². The molecule has 1 atom stereocenters. The Morgan fingerprint density at radius 2 is 2.29 bits per heavy atom. The van der Waals surface area contributed by atoms with Crippen molar-refractivity contribution in [3.63, 3.8) is 0 Å². The molecule has 1 aliphatic heterocycles. The molecule has 2 fully saturated rings. The van der Waals surface area contributed by atoms with Crippen molar-refractivity contribution in [2.75, 3.05) is 13.2 Å². The first-order valence-electron chi connectivity index (χ1n) is 7.32. The summed E-state index contributed by atoms with van der Waals surface area (Å²) in [6.45, 7) is 7.13. The van der Waals surface area contributed by atoms with E-state index in [1.807, 2.05) is 13.0 Å². The van der Waals surface area contributed by atoms with Gasteiger partial charge >= 0.3 is 0 Å². The molecule has 0 N–H and O–H groups in total. The van der Waals surface area contributed by atoms with Crippen molar-refractivity contribution in [3.05, 3.63) is 18.8 Å². The fourth-order valence-corrected chi connectivity index (χ4v) is 3.28. The van der Waals surface area contributed by atoms with Crippen molar-refractivity contribution in [1.82, 2.24) is 9.78 Å². The number of halogens is 1. The summed E-state index contributed by atoms with van der Waals surface area (Å²) in [5.74, 6) is 0.694. The monoisotopic (exact) mass is 309 g/mol. The molecule has 1 aliphatic carbocycles. The van der Waals surface area contributed by atoms with E-state index < -0.39 is 0 Å². The Hall–Kier alpha value is -1.17. The van der Waals surface area contributed by atoms with Gasteiger partial charge in [0, 0.05) is 30.5 Å². The summed E-state index contributed by atoms with van der Waals surface area (Å²) in [7, 11) is 0.